The SMILES string of the molecule is CCOc1noc(C)c1-c1ccc(OC)cc1. The molecule has 0 spiro atoms. The molecule has 0 aliphatic heterocycles. The van der Waals surface area contributed by atoms with E-state index in [2.05, 4.69) is 5.16 Å². The van der Waals surface area contributed by atoms with Crippen LogP contribution >= 0.6 is 0 Å². The Hall–Kier alpha value is -1.97. The molecule has 2 rings (SSSR count). The smallest absolute Gasteiger partial charge is 0.262 e. The second-order valence-electron chi connectivity index (χ2n) is 3.58. The van der Waals surface area contributed by atoms with Gasteiger partial charge in [-0.2, -0.15) is 0 Å². The van der Waals surface area contributed by atoms with Crippen LogP contribution in [-0.2, 0) is 0 Å². The summed E-state index contributed by atoms with van der Waals surface area (Å²) < 4.78 is 15.7. The fraction of sp³-hybridized carbons (Fsp3) is 0.308. The first kappa shape index (κ1) is 11.5. The number of ether oxygens (including phenoxy) is 2. The van der Waals surface area contributed by atoms with E-state index < -0.39 is 0 Å². The third-order valence-electron chi connectivity index (χ3n) is 2.49. The molecule has 0 amide bonds. The van der Waals surface area contributed by atoms with E-state index in [1.807, 2.05) is 38.1 Å². The summed E-state index contributed by atoms with van der Waals surface area (Å²) in [7, 11) is 1.64. The third-order valence-corrected chi connectivity index (χ3v) is 2.49. The first-order chi connectivity index (χ1) is 8.26. The predicted octanol–water partition coefficient (Wildman–Crippen LogP) is 3.06. The van der Waals surface area contributed by atoms with Crippen LogP contribution < -0.4 is 9.47 Å². The fourth-order valence-electron chi connectivity index (χ4n) is 1.67. The molecule has 0 atom stereocenters. The topological polar surface area (TPSA) is 44.5 Å². The average Bonchev–Trinajstić information content (AvgIpc) is 2.71. The Kier molecular flexibility index (Phi) is 3.32. The Balaban J connectivity index is 2.40. The molecule has 0 saturated carbocycles. The van der Waals surface area contributed by atoms with E-state index in [9.17, 15) is 0 Å². The number of hydrogen-bond acceptors (Lipinski definition) is 4. The molecule has 17 heavy (non-hydrogen) atoms. The zero-order valence-corrected chi connectivity index (χ0v) is 10.2. The van der Waals surface area contributed by atoms with E-state index >= 15 is 0 Å². The van der Waals surface area contributed by atoms with Crippen LogP contribution in [0.15, 0.2) is 28.8 Å². The summed E-state index contributed by atoms with van der Waals surface area (Å²) in [6.07, 6.45) is 0. The van der Waals surface area contributed by atoms with E-state index in [0.29, 0.717) is 12.5 Å². The highest BCUT2D eigenvalue weighted by Crippen LogP contribution is 2.33. The Morgan fingerprint density at radius 3 is 2.53 bits per heavy atom. The molecular formula is C13H15NO3. The molecule has 0 fully saturated rings. The Labute approximate surface area is 100 Å². The number of nitrogens with zero attached hydrogens (tertiary/aromatic N) is 1. The highest BCUT2D eigenvalue weighted by atomic mass is 16.5. The van der Waals surface area contributed by atoms with Crippen LogP contribution in [0.2, 0.25) is 0 Å². The van der Waals surface area contributed by atoms with Gasteiger partial charge in [0.2, 0.25) is 0 Å². The van der Waals surface area contributed by atoms with Gasteiger partial charge in [0.05, 0.1) is 19.3 Å². The molecule has 4 nitrogen and oxygen atoms in total. The van der Waals surface area contributed by atoms with Gasteiger partial charge in [0, 0.05) is 0 Å². The minimum absolute atomic E-state index is 0.537. The van der Waals surface area contributed by atoms with Crippen molar-refractivity contribution in [1.29, 1.82) is 0 Å². The number of rotatable bonds is 4. The van der Waals surface area contributed by atoms with Crippen LogP contribution in [0, 0.1) is 6.92 Å². The van der Waals surface area contributed by atoms with Crippen molar-refractivity contribution in [1.82, 2.24) is 5.16 Å². The van der Waals surface area contributed by atoms with E-state index in [1.54, 1.807) is 7.11 Å². The lowest BCUT2D eigenvalue weighted by Crippen LogP contribution is -1.93. The van der Waals surface area contributed by atoms with Crippen LogP contribution in [0.3, 0.4) is 0 Å². The van der Waals surface area contributed by atoms with Crippen LogP contribution in [0.4, 0.5) is 0 Å². The maximum Gasteiger partial charge on any atom is 0.262 e. The van der Waals surface area contributed by atoms with Gasteiger partial charge in [-0.15, -0.1) is 0 Å². The Morgan fingerprint density at radius 2 is 1.94 bits per heavy atom. The standard InChI is InChI=1S/C13H15NO3/c1-4-16-13-12(9(2)17-14-13)10-5-7-11(15-3)8-6-10/h5-8H,4H2,1-3H3. The molecule has 1 aromatic carbocycles. The van der Waals surface area contributed by atoms with Crippen LogP contribution in [-0.4, -0.2) is 18.9 Å². The average molecular weight is 233 g/mol. The van der Waals surface area contributed by atoms with Crippen molar-refractivity contribution in [3.63, 3.8) is 0 Å². The normalized spacial score (nSPS) is 10.3. The van der Waals surface area contributed by atoms with Gasteiger partial charge in [-0.1, -0.05) is 12.1 Å². The van der Waals surface area contributed by atoms with Gasteiger partial charge >= 0.3 is 0 Å². The summed E-state index contributed by atoms with van der Waals surface area (Å²) in [6, 6.07) is 7.72. The minimum atomic E-state index is 0.537. The van der Waals surface area contributed by atoms with E-state index in [4.69, 9.17) is 14.0 Å². The number of aromatic nitrogens is 1. The van der Waals surface area contributed by atoms with Gasteiger partial charge in [0.25, 0.3) is 5.88 Å². The molecule has 0 aliphatic carbocycles. The summed E-state index contributed by atoms with van der Waals surface area (Å²) in [5.41, 5.74) is 1.91. The molecule has 2 aromatic rings. The molecule has 0 radical (unpaired) electrons. The number of hydrogen-bond donors (Lipinski definition) is 0. The molecule has 0 saturated heterocycles. The molecular weight excluding hydrogens is 218 g/mol. The number of aryl methyl sites for hydroxylation is 1. The maximum absolute atomic E-state index is 5.43. The molecule has 0 N–H and O–H groups in total. The van der Waals surface area contributed by atoms with Gasteiger partial charge < -0.3 is 14.0 Å². The van der Waals surface area contributed by atoms with Crippen molar-refractivity contribution in [2.75, 3.05) is 13.7 Å². The van der Waals surface area contributed by atoms with Crippen molar-refractivity contribution in [2.24, 2.45) is 0 Å². The van der Waals surface area contributed by atoms with Gasteiger partial charge in [0.15, 0.2) is 0 Å². The molecule has 90 valence electrons. The van der Waals surface area contributed by atoms with Crippen molar-refractivity contribution in [2.45, 2.75) is 13.8 Å². The van der Waals surface area contributed by atoms with E-state index in [-0.39, 0.29) is 0 Å². The lowest BCUT2D eigenvalue weighted by Gasteiger charge is -2.04. The first-order valence-electron chi connectivity index (χ1n) is 5.49. The van der Waals surface area contributed by atoms with Crippen LogP contribution in [0.25, 0.3) is 11.1 Å². The lowest BCUT2D eigenvalue weighted by atomic mass is 10.1. The predicted molar refractivity (Wildman–Crippen MR) is 64.4 cm³/mol. The second kappa shape index (κ2) is 4.91. The van der Waals surface area contributed by atoms with E-state index in [0.717, 1.165) is 22.6 Å². The Bertz CT molecular complexity index is 488. The number of benzene rings is 1. The quantitative estimate of drug-likeness (QED) is 0.814. The van der Waals surface area contributed by atoms with Crippen molar-refractivity contribution < 1.29 is 14.0 Å². The maximum atomic E-state index is 5.43. The molecule has 0 bridgehead atoms. The summed E-state index contributed by atoms with van der Waals surface area (Å²) in [5, 5.41) is 3.90. The number of methoxy groups -OCH3 is 1. The van der Waals surface area contributed by atoms with Crippen molar-refractivity contribution in [3.05, 3.63) is 30.0 Å². The zero-order chi connectivity index (χ0) is 12.3. The summed E-state index contributed by atoms with van der Waals surface area (Å²) >= 11 is 0. The highest BCUT2D eigenvalue weighted by Gasteiger charge is 2.15. The fourth-order valence-corrected chi connectivity index (χ4v) is 1.67. The van der Waals surface area contributed by atoms with E-state index in [1.165, 1.54) is 0 Å². The lowest BCUT2D eigenvalue weighted by molar-refractivity contribution is 0.292. The summed E-state index contributed by atoms with van der Waals surface area (Å²) in [4.78, 5) is 0. The molecule has 0 unspecified atom stereocenters. The molecule has 1 heterocycles. The minimum Gasteiger partial charge on any atom is -0.497 e. The largest absolute Gasteiger partial charge is 0.497 e. The third kappa shape index (κ3) is 2.25. The summed E-state index contributed by atoms with van der Waals surface area (Å²) in [6.45, 7) is 4.35. The highest BCUT2D eigenvalue weighted by molar-refractivity contribution is 5.70. The van der Waals surface area contributed by atoms with Gasteiger partial charge in [-0.3, -0.25) is 0 Å². The van der Waals surface area contributed by atoms with Crippen molar-refractivity contribution in [3.8, 4) is 22.8 Å². The van der Waals surface area contributed by atoms with Crippen LogP contribution in [0.1, 0.15) is 12.7 Å². The first-order valence-corrected chi connectivity index (χ1v) is 5.49. The molecule has 1 aromatic heterocycles. The van der Waals surface area contributed by atoms with Crippen LogP contribution in [0.5, 0.6) is 11.6 Å². The monoisotopic (exact) mass is 233 g/mol. The van der Waals surface area contributed by atoms with Crippen molar-refractivity contribution >= 4 is 0 Å². The van der Waals surface area contributed by atoms with Gasteiger partial charge in [0.1, 0.15) is 11.5 Å². The molecule has 4 heteroatoms. The second-order valence-corrected chi connectivity index (χ2v) is 3.58. The molecule has 0 aliphatic rings. The van der Waals surface area contributed by atoms with Gasteiger partial charge in [-0.25, -0.2) is 0 Å². The summed E-state index contributed by atoms with van der Waals surface area (Å²) in [5.74, 6) is 2.11. The zero-order valence-electron chi connectivity index (χ0n) is 10.2. The van der Waals surface area contributed by atoms with Gasteiger partial charge in [-0.05, 0) is 36.7 Å². The Morgan fingerprint density at radius 1 is 1.24 bits per heavy atom.